The lowest BCUT2D eigenvalue weighted by Gasteiger charge is -2.19. The molecule has 1 spiro atoms. The molecule has 0 bridgehead atoms. The molecule has 0 radical (unpaired) electrons. The van der Waals surface area contributed by atoms with E-state index in [9.17, 15) is 19.2 Å². The Morgan fingerprint density at radius 1 is 1.29 bits per heavy atom. The van der Waals surface area contributed by atoms with Gasteiger partial charge in [0, 0.05) is 17.3 Å². The summed E-state index contributed by atoms with van der Waals surface area (Å²) in [6.07, 6.45) is 2.88. The van der Waals surface area contributed by atoms with Crippen LogP contribution in [0.3, 0.4) is 0 Å². The zero-order chi connectivity index (χ0) is 20.3. The molecule has 1 aliphatic carbocycles. The van der Waals surface area contributed by atoms with Crippen molar-refractivity contribution in [3.63, 3.8) is 0 Å². The highest BCUT2D eigenvalue weighted by molar-refractivity contribution is 6.30. The van der Waals surface area contributed by atoms with Crippen LogP contribution >= 0.6 is 11.6 Å². The number of amides is 4. The normalized spacial score (nSPS) is 17.7. The summed E-state index contributed by atoms with van der Waals surface area (Å²) < 4.78 is 4.94. The number of esters is 1. The largest absolute Gasteiger partial charge is 0.456 e. The fourth-order valence-electron chi connectivity index (χ4n) is 3.57. The SMILES string of the molecule is Cc1cc(Cl)ccc1NC(=O)COC(=O)CCN1C(=O)NC2(CCCC2)C1=O. The van der Waals surface area contributed by atoms with Crippen LogP contribution in [-0.4, -0.2) is 47.4 Å². The highest BCUT2D eigenvalue weighted by atomic mass is 35.5. The Labute approximate surface area is 167 Å². The molecule has 1 aromatic rings. The maximum atomic E-state index is 12.5. The molecule has 9 heteroatoms. The van der Waals surface area contributed by atoms with Crippen LogP contribution in [-0.2, 0) is 19.1 Å². The van der Waals surface area contributed by atoms with Crippen LogP contribution in [0.5, 0.6) is 0 Å². The van der Waals surface area contributed by atoms with E-state index in [-0.39, 0.29) is 18.9 Å². The number of aryl methyl sites for hydroxylation is 1. The van der Waals surface area contributed by atoms with Crippen LogP contribution in [0.1, 0.15) is 37.7 Å². The Bertz CT molecular complexity index is 820. The minimum absolute atomic E-state index is 0.0663. The topological polar surface area (TPSA) is 105 Å². The highest BCUT2D eigenvalue weighted by Gasteiger charge is 2.52. The van der Waals surface area contributed by atoms with Crippen LogP contribution < -0.4 is 10.6 Å². The van der Waals surface area contributed by atoms with Crippen molar-refractivity contribution in [1.82, 2.24) is 10.2 Å². The quantitative estimate of drug-likeness (QED) is 0.556. The van der Waals surface area contributed by atoms with E-state index in [1.165, 1.54) is 0 Å². The van der Waals surface area contributed by atoms with E-state index >= 15 is 0 Å². The fourth-order valence-corrected chi connectivity index (χ4v) is 3.80. The zero-order valence-corrected chi connectivity index (χ0v) is 16.3. The minimum atomic E-state index is -0.794. The summed E-state index contributed by atoms with van der Waals surface area (Å²) >= 11 is 5.87. The van der Waals surface area contributed by atoms with Gasteiger partial charge in [0.1, 0.15) is 5.54 Å². The zero-order valence-electron chi connectivity index (χ0n) is 15.5. The van der Waals surface area contributed by atoms with E-state index in [0.29, 0.717) is 23.6 Å². The Morgan fingerprint density at radius 3 is 2.68 bits per heavy atom. The number of nitrogens with one attached hydrogen (secondary N) is 2. The Balaban J connectivity index is 1.44. The molecule has 0 unspecified atom stereocenters. The number of hydrogen-bond donors (Lipinski definition) is 2. The summed E-state index contributed by atoms with van der Waals surface area (Å²) in [4.78, 5) is 49.4. The van der Waals surface area contributed by atoms with Crippen molar-refractivity contribution in [2.75, 3.05) is 18.5 Å². The van der Waals surface area contributed by atoms with E-state index in [4.69, 9.17) is 16.3 Å². The molecule has 3 rings (SSSR count). The maximum absolute atomic E-state index is 12.5. The lowest BCUT2D eigenvalue weighted by atomic mass is 9.98. The van der Waals surface area contributed by atoms with Crippen LogP contribution in [0.2, 0.25) is 5.02 Å². The number of ether oxygens (including phenoxy) is 1. The fraction of sp³-hybridized carbons (Fsp3) is 0.474. The van der Waals surface area contributed by atoms with Crippen molar-refractivity contribution >= 4 is 41.1 Å². The smallest absolute Gasteiger partial charge is 0.325 e. The molecular weight excluding hydrogens is 386 g/mol. The average molecular weight is 408 g/mol. The number of nitrogens with zero attached hydrogens (tertiary/aromatic N) is 1. The first kappa shape index (κ1) is 20.1. The number of imide groups is 1. The van der Waals surface area contributed by atoms with E-state index in [1.54, 1.807) is 25.1 Å². The first-order valence-electron chi connectivity index (χ1n) is 9.16. The van der Waals surface area contributed by atoms with Gasteiger partial charge in [-0.05, 0) is 43.5 Å². The number of rotatable bonds is 6. The molecule has 1 heterocycles. The predicted octanol–water partition coefficient (Wildman–Crippen LogP) is 2.38. The predicted molar refractivity (Wildman–Crippen MR) is 102 cm³/mol. The molecule has 150 valence electrons. The number of urea groups is 1. The molecule has 28 heavy (non-hydrogen) atoms. The van der Waals surface area contributed by atoms with Gasteiger partial charge in [0.2, 0.25) is 0 Å². The van der Waals surface area contributed by atoms with Gasteiger partial charge >= 0.3 is 12.0 Å². The van der Waals surface area contributed by atoms with Crippen molar-refractivity contribution in [2.45, 2.75) is 44.6 Å². The third-order valence-electron chi connectivity index (χ3n) is 5.07. The summed E-state index contributed by atoms with van der Waals surface area (Å²) in [7, 11) is 0. The van der Waals surface area contributed by atoms with Gasteiger partial charge < -0.3 is 15.4 Å². The third kappa shape index (κ3) is 4.27. The molecule has 1 aromatic carbocycles. The van der Waals surface area contributed by atoms with Gasteiger partial charge in [0.25, 0.3) is 11.8 Å². The third-order valence-corrected chi connectivity index (χ3v) is 5.30. The molecule has 8 nitrogen and oxygen atoms in total. The Hall–Kier alpha value is -2.61. The molecule has 0 atom stereocenters. The molecular formula is C19H22ClN3O5. The summed E-state index contributed by atoms with van der Waals surface area (Å²) in [6.45, 7) is 1.27. The van der Waals surface area contributed by atoms with Gasteiger partial charge in [-0.2, -0.15) is 0 Å². The second-order valence-corrected chi connectivity index (χ2v) is 7.53. The minimum Gasteiger partial charge on any atom is -0.456 e. The van der Waals surface area contributed by atoms with E-state index in [2.05, 4.69) is 10.6 Å². The van der Waals surface area contributed by atoms with Gasteiger partial charge in [-0.3, -0.25) is 19.3 Å². The Kier molecular flexibility index (Phi) is 5.88. The summed E-state index contributed by atoms with van der Waals surface area (Å²) in [5.74, 6) is -1.42. The van der Waals surface area contributed by atoms with Crippen molar-refractivity contribution in [2.24, 2.45) is 0 Å². The first-order valence-corrected chi connectivity index (χ1v) is 9.54. The second-order valence-electron chi connectivity index (χ2n) is 7.09. The number of carbonyl (C=O) groups excluding carboxylic acids is 4. The van der Waals surface area contributed by atoms with Crippen molar-refractivity contribution in [3.8, 4) is 0 Å². The molecule has 2 fully saturated rings. The number of halogens is 1. The van der Waals surface area contributed by atoms with E-state index < -0.39 is 30.1 Å². The van der Waals surface area contributed by atoms with Gasteiger partial charge in [-0.15, -0.1) is 0 Å². The second kappa shape index (κ2) is 8.18. The van der Waals surface area contributed by atoms with Crippen LogP contribution in [0.15, 0.2) is 18.2 Å². The van der Waals surface area contributed by atoms with Crippen LogP contribution in [0.25, 0.3) is 0 Å². The van der Waals surface area contributed by atoms with Crippen molar-refractivity contribution < 1.29 is 23.9 Å². The standard InChI is InChI=1S/C19H22ClN3O5/c1-12-10-13(20)4-5-14(12)21-15(24)11-28-16(25)6-9-23-17(26)19(22-18(23)27)7-2-3-8-19/h4-5,10H,2-3,6-9,11H2,1H3,(H,21,24)(H,22,27). The molecule has 1 saturated carbocycles. The number of anilines is 1. The molecule has 4 amide bonds. The average Bonchev–Trinajstić information content (AvgIpc) is 3.20. The van der Waals surface area contributed by atoms with Gasteiger partial charge in [-0.25, -0.2) is 4.79 Å². The molecule has 0 aromatic heterocycles. The van der Waals surface area contributed by atoms with Gasteiger partial charge in [0.05, 0.1) is 6.42 Å². The first-order chi connectivity index (χ1) is 13.3. The lowest BCUT2D eigenvalue weighted by molar-refractivity contribution is -0.147. The lowest BCUT2D eigenvalue weighted by Crippen LogP contribution is -2.44. The van der Waals surface area contributed by atoms with Crippen molar-refractivity contribution in [1.29, 1.82) is 0 Å². The highest BCUT2D eigenvalue weighted by Crippen LogP contribution is 2.35. The van der Waals surface area contributed by atoms with Crippen molar-refractivity contribution in [3.05, 3.63) is 28.8 Å². The number of carbonyl (C=O) groups is 4. The van der Waals surface area contributed by atoms with Crippen LogP contribution in [0, 0.1) is 6.92 Å². The number of benzene rings is 1. The summed E-state index contributed by atoms with van der Waals surface area (Å²) in [5, 5.41) is 5.94. The van der Waals surface area contributed by atoms with E-state index in [0.717, 1.165) is 23.3 Å². The van der Waals surface area contributed by atoms with Gasteiger partial charge in [-0.1, -0.05) is 24.4 Å². The number of hydrogen-bond acceptors (Lipinski definition) is 5. The maximum Gasteiger partial charge on any atom is 0.325 e. The molecule has 2 aliphatic rings. The van der Waals surface area contributed by atoms with E-state index in [1.807, 2.05) is 0 Å². The van der Waals surface area contributed by atoms with Gasteiger partial charge in [0.15, 0.2) is 6.61 Å². The Morgan fingerprint density at radius 2 is 2.00 bits per heavy atom. The molecule has 2 N–H and O–H groups in total. The van der Waals surface area contributed by atoms with Crippen LogP contribution in [0.4, 0.5) is 10.5 Å². The molecule has 1 aliphatic heterocycles. The summed E-state index contributed by atoms with van der Waals surface area (Å²) in [6, 6.07) is 4.54. The summed E-state index contributed by atoms with van der Waals surface area (Å²) in [5.41, 5.74) is 0.565. The molecule has 1 saturated heterocycles. The monoisotopic (exact) mass is 407 g/mol.